The lowest BCUT2D eigenvalue weighted by Gasteiger charge is -2.32. The minimum absolute atomic E-state index is 0.0347. The molecule has 1 N–H and O–H groups in total. The molecule has 3 rings (SSSR count). The molecule has 1 aromatic carbocycles. The SMILES string of the molecule is COc1ccc(C2=NN(CC(=O)NCCCN3CCN(C)CC3)C(=O)CC2)cc1. The maximum atomic E-state index is 12.3. The largest absolute Gasteiger partial charge is 0.497 e. The fourth-order valence-electron chi connectivity index (χ4n) is 3.51. The van der Waals surface area contributed by atoms with Crippen molar-refractivity contribution in [1.29, 1.82) is 0 Å². The van der Waals surface area contributed by atoms with Crippen LogP contribution >= 0.6 is 0 Å². The van der Waals surface area contributed by atoms with Crippen molar-refractivity contribution in [2.45, 2.75) is 19.3 Å². The summed E-state index contributed by atoms with van der Waals surface area (Å²) in [6, 6.07) is 7.57. The molecule has 0 unspecified atom stereocenters. The van der Waals surface area contributed by atoms with Gasteiger partial charge in [-0.15, -0.1) is 0 Å². The molecule has 1 fully saturated rings. The number of piperazine rings is 1. The number of hydrazone groups is 1. The summed E-state index contributed by atoms with van der Waals surface area (Å²) in [6.45, 7) is 5.91. The van der Waals surface area contributed by atoms with Gasteiger partial charge in [-0.2, -0.15) is 5.10 Å². The van der Waals surface area contributed by atoms with E-state index in [9.17, 15) is 9.59 Å². The second-order valence-corrected chi connectivity index (χ2v) is 7.58. The standard InChI is InChI=1S/C21H31N5O3/c1-24-12-14-25(15-13-24)11-3-10-22-20(27)16-26-21(28)9-8-19(23-26)17-4-6-18(29-2)7-5-17/h4-7H,3,8-16H2,1-2H3,(H,22,27). The first-order valence-corrected chi connectivity index (χ1v) is 10.2. The van der Waals surface area contributed by atoms with Crippen LogP contribution in [-0.2, 0) is 9.59 Å². The van der Waals surface area contributed by atoms with E-state index in [1.807, 2.05) is 24.3 Å². The highest BCUT2D eigenvalue weighted by molar-refractivity contribution is 6.04. The second-order valence-electron chi connectivity index (χ2n) is 7.58. The third-order valence-corrected chi connectivity index (χ3v) is 5.39. The number of hydrogen-bond acceptors (Lipinski definition) is 6. The van der Waals surface area contributed by atoms with E-state index in [1.54, 1.807) is 7.11 Å². The molecule has 0 aromatic heterocycles. The van der Waals surface area contributed by atoms with Crippen molar-refractivity contribution in [2.75, 3.05) is 60.0 Å². The molecule has 0 atom stereocenters. The van der Waals surface area contributed by atoms with E-state index < -0.39 is 0 Å². The number of hydrogen-bond donors (Lipinski definition) is 1. The molecule has 1 saturated heterocycles. The Balaban J connectivity index is 1.44. The van der Waals surface area contributed by atoms with Crippen molar-refractivity contribution in [2.24, 2.45) is 5.10 Å². The van der Waals surface area contributed by atoms with Gasteiger partial charge in [0.15, 0.2) is 0 Å². The molecule has 0 bridgehead atoms. The van der Waals surface area contributed by atoms with E-state index in [4.69, 9.17) is 4.74 Å². The Morgan fingerprint density at radius 3 is 2.55 bits per heavy atom. The molecule has 0 spiro atoms. The summed E-state index contributed by atoms with van der Waals surface area (Å²) in [5.41, 5.74) is 1.76. The average molecular weight is 402 g/mol. The predicted octanol–water partition coefficient (Wildman–Crippen LogP) is 0.775. The fourth-order valence-corrected chi connectivity index (χ4v) is 3.51. The zero-order chi connectivity index (χ0) is 20.6. The van der Waals surface area contributed by atoms with Crippen LogP contribution in [0.25, 0.3) is 0 Å². The third kappa shape index (κ3) is 6.27. The van der Waals surface area contributed by atoms with Gasteiger partial charge in [0.1, 0.15) is 12.3 Å². The number of carbonyl (C=O) groups excluding carboxylic acids is 2. The molecule has 0 aliphatic carbocycles. The maximum Gasteiger partial charge on any atom is 0.243 e. The van der Waals surface area contributed by atoms with Gasteiger partial charge in [-0.3, -0.25) is 9.59 Å². The van der Waals surface area contributed by atoms with E-state index in [0.29, 0.717) is 19.4 Å². The fraction of sp³-hybridized carbons (Fsp3) is 0.571. The van der Waals surface area contributed by atoms with Crippen molar-refractivity contribution in [3.05, 3.63) is 29.8 Å². The van der Waals surface area contributed by atoms with Gasteiger partial charge >= 0.3 is 0 Å². The van der Waals surface area contributed by atoms with E-state index in [-0.39, 0.29) is 18.4 Å². The molecule has 1 aromatic rings. The van der Waals surface area contributed by atoms with Crippen molar-refractivity contribution < 1.29 is 14.3 Å². The Labute approximate surface area is 172 Å². The van der Waals surface area contributed by atoms with E-state index in [0.717, 1.165) is 56.2 Å². The van der Waals surface area contributed by atoms with Crippen LogP contribution in [0.2, 0.25) is 0 Å². The monoisotopic (exact) mass is 401 g/mol. The van der Waals surface area contributed by atoms with Gasteiger partial charge in [-0.05, 0) is 49.8 Å². The van der Waals surface area contributed by atoms with Gasteiger partial charge in [0.05, 0.1) is 12.8 Å². The Morgan fingerprint density at radius 1 is 1.14 bits per heavy atom. The van der Waals surface area contributed by atoms with Crippen LogP contribution in [0, 0.1) is 0 Å². The van der Waals surface area contributed by atoms with Crippen LogP contribution in [0.1, 0.15) is 24.8 Å². The topological polar surface area (TPSA) is 77.5 Å². The third-order valence-electron chi connectivity index (χ3n) is 5.39. The zero-order valence-corrected chi connectivity index (χ0v) is 17.4. The smallest absolute Gasteiger partial charge is 0.243 e. The van der Waals surface area contributed by atoms with Crippen LogP contribution in [-0.4, -0.2) is 92.3 Å². The molecule has 8 nitrogen and oxygen atoms in total. The summed E-state index contributed by atoms with van der Waals surface area (Å²) in [5, 5.41) is 8.63. The van der Waals surface area contributed by atoms with E-state index >= 15 is 0 Å². The number of ether oxygens (including phenoxy) is 1. The number of amides is 2. The Bertz CT molecular complexity index is 726. The van der Waals surface area contributed by atoms with Crippen LogP contribution in [0.4, 0.5) is 0 Å². The zero-order valence-electron chi connectivity index (χ0n) is 17.4. The van der Waals surface area contributed by atoms with E-state index in [1.165, 1.54) is 5.01 Å². The second kappa shape index (κ2) is 10.4. The molecule has 2 aliphatic heterocycles. The van der Waals surface area contributed by atoms with Crippen molar-refractivity contribution in [3.63, 3.8) is 0 Å². The van der Waals surface area contributed by atoms with Crippen LogP contribution in [0.15, 0.2) is 29.4 Å². The Morgan fingerprint density at radius 2 is 1.86 bits per heavy atom. The van der Waals surface area contributed by atoms with Gasteiger partial charge in [-0.25, -0.2) is 5.01 Å². The van der Waals surface area contributed by atoms with Gasteiger partial charge < -0.3 is 19.9 Å². The Hall–Kier alpha value is -2.45. The molecule has 29 heavy (non-hydrogen) atoms. The van der Waals surface area contributed by atoms with Crippen LogP contribution in [0.5, 0.6) is 5.75 Å². The first kappa shape index (κ1) is 21.3. The lowest BCUT2D eigenvalue weighted by molar-refractivity contribution is -0.136. The molecule has 0 saturated carbocycles. The lowest BCUT2D eigenvalue weighted by Crippen LogP contribution is -2.45. The maximum absolute atomic E-state index is 12.3. The van der Waals surface area contributed by atoms with Gasteiger partial charge in [0.2, 0.25) is 11.8 Å². The number of rotatable bonds is 8. The molecule has 2 heterocycles. The summed E-state index contributed by atoms with van der Waals surface area (Å²) in [6.07, 6.45) is 1.85. The van der Waals surface area contributed by atoms with Crippen molar-refractivity contribution in [3.8, 4) is 5.75 Å². The van der Waals surface area contributed by atoms with Gasteiger partial charge in [-0.1, -0.05) is 0 Å². The molecular weight excluding hydrogens is 370 g/mol. The number of carbonyl (C=O) groups is 2. The summed E-state index contributed by atoms with van der Waals surface area (Å²) in [5.74, 6) is 0.486. The van der Waals surface area contributed by atoms with Crippen molar-refractivity contribution in [1.82, 2.24) is 20.1 Å². The highest BCUT2D eigenvalue weighted by Gasteiger charge is 2.23. The number of methoxy groups -OCH3 is 1. The first-order chi connectivity index (χ1) is 14.0. The minimum atomic E-state index is -0.170. The Kier molecular flexibility index (Phi) is 7.60. The molecular formula is C21H31N5O3. The van der Waals surface area contributed by atoms with E-state index in [2.05, 4.69) is 27.3 Å². The van der Waals surface area contributed by atoms with Crippen molar-refractivity contribution >= 4 is 17.5 Å². The van der Waals surface area contributed by atoms with Gasteiger partial charge in [0.25, 0.3) is 0 Å². The number of nitrogens with one attached hydrogen (secondary N) is 1. The highest BCUT2D eigenvalue weighted by Crippen LogP contribution is 2.18. The predicted molar refractivity (Wildman–Crippen MR) is 112 cm³/mol. The van der Waals surface area contributed by atoms with Crippen LogP contribution in [0.3, 0.4) is 0 Å². The number of nitrogens with zero attached hydrogens (tertiary/aromatic N) is 4. The highest BCUT2D eigenvalue weighted by atomic mass is 16.5. The molecule has 8 heteroatoms. The normalized spacial score (nSPS) is 18.5. The molecule has 158 valence electrons. The van der Waals surface area contributed by atoms with Gasteiger partial charge in [0, 0.05) is 45.6 Å². The summed E-state index contributed by atoms with van der Waals surface area (Å²) >= 11 is 0. The first-order valence-electron chi connectivity index (χ1n) is 10.2. The summed E-state index contributed by atoms with van der Waals surface area (Å²) in [7, 11) is 3.76. The average Bonchev–Trinajstić information content (AvgIpc) is 2.74. The summed E-state index contributed by atoms with van der Waals surface area (Å²) < 4.78 is 5.17. The quantitative estimate of drug-likeness (QED) is 0.652. The minimum Gasteiger partial charge on any atom is -0.497 e. The lowest BCUT2D eigenvalue weighted by atomic mass is 10.0. The molecule has 2 aliphatic rings. The number of benzene rings is 1. The number of likely N-dealkylation sites (N-methyl/N-ethyl adjacent to an activating group) is 1. The molecule has 2 amide bonds. The van der Waals surface area contributed by atoms with Crippen LogP contribution < -0.4 is 10.1 Å². The molecule has 0 radical (unpaired) electrons. The summed E-state index contributed by atoms with van der Waals surface area (Å²) in [4.78, 5) is 29.2.